The van der Waals surface area contributed by atoms with Gasteiger partial charge in [-0.05, 0) is 47.2 Å². The van der Waals surface area contributed by atoms with Gasteiger partial charge in [-0.3, -0.25) is 9.89 Å². The smallest absolute Gasteiger partial charge is 0.405 e. The first-order valence-corrected chi connectivity index (χ1v) is 8.86. The zero-order valence-electron chi connectivity index (χ0n) is 15.7. The van der Waals surface area contributed by atoms with Crippen LogP contribution in [0.25, 0.3) is 0 Å². The number of ether oxygens (including phenoxy) is 1. The van der Waals surface area contributed by atoms with Crippen molar-refractivity contribution < 1.29 is 14.0 Å². The summed E-state index contributed by atoms with van der Waals surface area (Å²) in [5.74, 6) is 0. The summed E-state index contributed by atoms with van der Waals surface area (Å²) in [4.78, 5) is 6.95. The van der Waals surface area contributed by atoms with Crippen molar-refractivity contribution in [2.45, 2.75) is 58.3 Å². The highest BCUT2D eigenvalue weighted by molar-refractivity contribution is 6.60. The summed E-state index contributed by atoms with van der Waals surface area (Å²) in [7, 11) is -0.456. The van der Waals surface area contributed by atoms with Gasteiger partial charge in [0, 0.05) is 37.4 Å². The molecule has 0 bridgehead atoms. The summed E-state index contributed by atoms with van der Waals surface area (Å²) in [6, 6.07) is 0.493. The second-order valence-corrected chi connectivity index (χ2v) is 7.60. The van der Waals surface area contributed by atoms with E-state index < -0.39 is 7.12 Å². The van der Waals surface area contributed by atoms with Crippen LogP contribution in [0.3, 0.4) is 0 Å². The number of morpholine rings is 1. The summed E-state index contributed by atoms with van der Waals surface area (Å²) in [6.07, 6.45) is 4.32. The van der Waals surface area contributed by atoms with Gasteiger partial charge in [-0.1, -0.05) is 0 Å². The molecule has 136 valence electrons. The molecule has 2 N–H and O–H groups in total. The molecule has 0 aromatic rings. The van der Waals surface area contributed by atoms with E-state index in [0.717, 1.165) is 44.7 Å². The fourth-order valence-electron chi connectivity index (χ4n) is 2.79. The van der Waals surface area contributed by atoms with Crippen molar-refractivity contribution in [1.82, 2.24) is 4.90 Å². The average Bonchev–Trinajstić information content (AvgIpc) is 2.72. The Morgan fingerprint density at radius 1 is 1.29 bits per heavy atom. The predicted octanol–water partition coefficient (Wildman–Crippen LogP) is 1.64. The van der Waals surface area contributed by atoms with Crippen molar-refractivity contribution in [2.75, 3.05) is 32.8 Å². The average molecular weight is 337 g/mol. The third-order valence-corrected chi connectivity index (χ3v) is 5.20. The van der Waals surface area contributed by atoms with Crippen LogP contribution < -0.4 is 5.73 Å². The fraction of sp³-hybridized carbons (Fsp3) is 0.824. The zero-order chi connectivity index (χ0) is 17.8. The Hall–Kier alpha value is -0.885. The minimum Gasteiger partial charge on any atom is -0.405 e. The van der Waals surface area contributed by atoms with Gasteiger partial charge in [0.25, 0.3) is 0 Å². The lowest BCUT2D eigenvalue weighted by Gasteiger charge is -2.32. The molecular formula is C17H32BN3O3. The van der Waals surface area contributed by atoms with Gasteiger partial charge in [0.2, 0.25) is 0 Å². The normalized spacial score (nSPS) is 28.0. The zero-order valence-corrected chi connectivity index (χ0v) is 15.7. The number of nitrogens with zero attached hydrogens (tertiary/aromatic N) is 2. The molecule has 0 spiro atoms. The number of allylic oxidation sites excluding steroid dienone is 1. The molecule has 24 heavy (non-hydrogen) atoms. The fourth-order valence-corrected chi connectivity index (χ4v) is 2.79. The Morgan fingerprint density at radius 3 is 2.54 bits per heavy atom. The highest BCUT2D eigenvalue weighted by Gasteiger charge is 2.52. The summed E-state index contributed by atoms with van der Waals surface area (Å²) >= 11 is 0. The van der Waals surface area contributed by atoms with Gasteiger partial charge in [0.15, 0.2) is 0 Å². The molecule has 2 fully saturated rings. The van der Waals surface area contributed by atoms with E-state index in [-0.39, 0.29) is 11.2 Å². The van der Waals surface area contributed by atoms with Crippen LogP contribution in [-0.4, -0.2) is 68.3 Å². The molecule has 1 unspecified atom stereocenters. The summed E-state index contributed by atoms with van der Waals surface area (Å²) in [5.41, 5.74) is 5.78. The van der Waals surface area contributed by atoms with Crippen LogP contribution in [-0.2, 0) is 14.0 Å². The van der Waals surface area contributed by atoms with Crippen molar-refractivity contribution >= 4 is 13.3 Å². The lowest BCUT2D eigenvalue weighted by molar-refractivity contribution is -0.000341. The van der Waals surface area contributed by atoms with Gasteiger partial charge in [-0.15, -0.1) is 0 Å². The topological polar surface area (TPSA) is 69.3 Å². The number of nitrogens with two attached hydrogens (primary N) is 1. The second-order valence-electron chi connectivity index (χ2n) is 7.60. The SMILES string of the molecule is CC1COCCN1CCCN=CC(=CN)B1OC(C)(C)C(C)(C)O1. The molecule has 2 aliphatic heterocycles. The van der Waals surface area contributed by atoms with E-state index in [9.17, 15) is 0 Å². The van der Waals surface area contributed by atoms with Crippen molar-refractivity contribution in [2.24, 2.45) is 10.7 Å². The highest BCUT2D eigenvalue weighted by atomic mass is 16.7. The highest BCUT2D eigenvalue weighted by Crippen LogP contribution is 2.38. The van der Waals surface area contributed by atoms with E-state index in [0.29, 0.717) is 6.04 Å². The molecular weight excluding hydrogens is 305 g/mol. The number of aliphatic imine (C=N–C) groups is 1. The molecule has 7 heteroatoms. The number of hydrogen-bond acceptors (Lipinski definition) is 6. The third-order valence-electron chi connectivity index (χ3n) is 5.20. The molecule has 0 radical (unpaired) electrons. The quantitative estimate of drug-likeness (QED) is 0.453. The van der Waals surface area contributed by atoms with Crippen LogP contribution >= 0.6 is 0 Å². The van der Waals surface area contributed by atoms with Crippen molar-refractivity contribution in [1.29, 1.82) is 0 Å². The molecule has 0 aromatic carbocycles. The summed E-state index contributed by atoms with van der Waals surface area (Å²) in [5, 5.41) is 0. The van der Waals surface area contributed by atoms with E-state index in [1.54, 1.807) is 6.21 Å². The van der Waals surface area contributed by atoms with Gasteiger partial charge in [-0.25, -0.2) is 0 Å². The minimum absolute atomic E-state index is 0.369. The minimum atomic E-state index is -0.456. The Morgan fingerprint density at radius 2 is 1.96 bits per heavy atom. The van der Waals surface area contributed by atoms with Gasteiger partial charge < -0.3 is 19.8 Å². The van der Waals surface area contributed by atoms with Crippen LogP contribution in [0.1, 0.15) is 41.0 Å². The van der Waals surface area contributed by atoms with Crippen LogP contribution in [0, 0.1) is 0 Å². The van der Waals surface area contributed by atoms with Crippen LogP contribution in [0.4, 0.5) is 0 Å². The standard InChI is InChI=1S/C17H32BN3O3/c1-14-13-22-10-9-21(14)8-6-7-20-12-15(11-19)18-23-16(2,3)17(4,5)24-18/h11-12,14H,6-10,13,19H2,1-5H3. The Balaban J connectivity index is 1.78. The largest absolute Gasteiger partial charge is 0.497 e. The van der Waals surface area contributed by atoms with Gasteiger partial charge in [0.05, 0.1) is 24.4 Å². The molecule has 2 rings (SSSR count). The van der Waals surface area contributed by atoms with Crippen LogP contribution in [0.2, 0.25) is 0 Å². The molecule has 1 atom stereocenters. The summed E-state index contributed by atoms with van der Waals surface area (Å²) < 4.78 is 17.5. The molecule has 0 saturated carbocycles. The van der Waals surface area contributed by atoms with Gasteiger partial charge in [-0.2, -0.15) is 0 Å². The molecule has 2 saturated heterocycles. The van der Waals surface area contributed by atoms with E-state index in [1.807, 2.05) is 27.7 Å². The van der Waals surface area contributed by atoms with Crippen LogP contribution in [0.5, 0.6) is 0 Å². The first-order chi connectivity index (χ1) is 11.3. The maximum absolute atomic E-state index is 6.00. The monoisotopic (exact) mass is 337 g/mol. The number of hydrogen-bond donors (Lipinski definition) is 1. The van der Waals surface area contributed by atoms with Crippen molar-refractivity contribution in [3.63, 3.8) is 0 Å². The van der Waals surface area contributed by atoms with Gasteiger partial charge >= 0.3 is 7.12 Å². The second kappa shape index (κ2) is 8.00. The van der Waals surface area contributed by atoms with E-state index in [4.69, 9.17) is 19.8 Å². The Labute approximate surface area is 146 Å². The predicted molar refractivity (Wildman–Crippen MR) is 98.2 cm³/mol. The maximum Gasteiger partial charge on any atom is 0.497 e. The molecule has 0 aliphatic carbocycles. The van der Waals surface area contributed by atoms with Crippen molar-refractivity contribution in [3.8, 4) is 0 Å². The van der Waals surface area contributed by atoms with Crippen LogP contribution in [0.15, 0.2) is 16.7 Å². The van der Waals surface area contributed by atoms with E-state index >= 15 is 0 Å². The maximum atomic E-state index is 6.00. The van der Waals surface area contributed by atoms with E-state index in [1.165, 1.54) is 6.20 Å². The van der Waals surface area contributed by atoms with Crippen molar-refractivity contribution in [3.05, 3.63) is 11.7 Å². The molecule has 0 amide bonds. The molecule has 0 aromatic heterocycles. The number of rotatable bonds is 6. The first kappa shape index (κ1) is 19.4. The molecule has 2 heterocycles. The molecule has 2 aliphatic rings. The first-order valence-electron chi connectivity index (χ1n) is 8.86. The third kappa shape index (κ3) is 4.60. The van der Waals surface area contributed by atoms with E-state index in [2.05, 4.69) is 16.8 Å². The summed E-state index contributed by atoms with van der Waals surface area (Å²) in [6.45, 7) is 14.8. The lowest BCUT2D eigenvalue weighted by atomic mass is 9.79. The Bertz CT molecular complexity index is 464. The Kier molecular flexibility index (Phi) is 6.48. The van der Waals surface area contributed by atoms with Gasteiger partial charge in [0.1, 0.15) is 0 Å². The molecule has 6 nitrogen and oxygen atoms in total. The lowest BCUT2D eigenvalue weighted by Crippen LogP contribution is -2.44.